The molecule has 0 aromatic carbocycles. The van der Waals surface area contributed by atoms with Gasteiger partial charge in [0.1, 0.15) is 0 Å². The van der Waals surface area contributed by atoms with Crippen molar-refractivity contribution in [2.75, 3.05) is 21.1 Å². The van der Waals surface area contributed by atoms with Crippen molar-refractivity contribution in [3.05, 3.63) is 0 Å². The monoisotopic (exact) mass is 132 g/mol. The van der Waals surface area contributed by atoms with Gasteiger partial charge in [-0.3, -0.25) is 10.1 Å². The number of carbonyl (C=O) groups excluding carboxylic acids is 1. The molecule has 0 heterocycles. The molecule has 0 aliphatic heterocycles. The van der Waals surface area contributed by atoms with Gasteiger partial charge in [-0.15, -0.1) is 0 Å². The number of nitrogens with one attached hydrogen (secondary N) is 1. The lowest BCUT2D eigenvalue weighted by Crippen LogP contribution is -2.41. The Hall–Kier alpha value is -0.610. The van der Waals surface area contributed by atoms with Crippen LogP contribution in [0.4, 0.5) is 0 Å². The minimum Gasteiger partial charge on any atom is -0.370 e. The van der Waals surface area contributed by atoms with Gasteiger partial charge in [0.05, 0.1) is 0 Å². The van der Waals surface area contributed by atoms with Crippen LogP contribution in [0.5, 0.6) is 0 Å². The van der Waals surface area contributed by atoms with Gasteiger partial charge in [0.2, 0.25) is 0 Å². The lowest BCUT2D eigenvalue weighted by molar-refractivity contribution is -0.138. The molecule has 0 aliphatic rings. The smallest absolute Gasteiger partial charge is 0.266 e. The van der Waals surface area contributed by atoms with Gasteiger partial charge < -0.3 is 10.0 Å². The van der Waals surface area contributed by atoms with Crippen LogP contribution in [-0.2, 0) is 4.79 Å². The second kappa shape index (κ2) is 3.42. The lowest BCUT2D eigenvalue weighted by atomic mass is 10.5. The van der Waals surface area contributed by atoms with Crippen molar-refractivity contribution in [2.24, 2.45) is 0 Å². The van der Waals surface area contributed by atoms with E-state index in [-0.39, 0.29) is 5.91 Å². The fourth-order valence-corrected chi connectivity index (χ4v) is 0.368. The van der Waals surface area contributed by atoms with Crippen LogP contribution in [0.1, 0.15) is 0 Å². The molecule has 0 aromatic rings. The molecule has 0 bridgehead atoms. The maximum absolute atomic E-state index is 10.7. The number of likely N-dealkylation sites (N-methyl/N-ethyl adjacent to an activating group) is 2. The minimum absolute atomic E-state index is 0.336. The Balaban J connectivity index is 3.73. The predicted octanol–water partition coefficient (Wildman–Crippen LogP) is -1.39. The molecule has 0 fully saturated rings. The first-order chi connectivity index (χ1) is 4.09. The van der Waals surface area contributed by atoms with Crippen molar-refractivity contribution >= 4 is 5.91 Å². The minimum atomic E-state index is -1.07. The van der Waals surface area contributed by atoms with Crippen LogP contribution in [0.15, 0.2) is 0 Å². The van der Waals surface area contributed by atoms with Crippen LogP contribution in [0.3, 0.4) is 0 Å². The van der Waals surface area contributed by atoms with Crippen molar-refractivity contribution in [3.63, 3.8) is 0 Å². The highest BCUT2D eigenvalue weighted by atomic mass is 16.3. The molecule has 54 valence electrons. The second-order valence-corrected chi connectivity index (χ2v) is 1.92. The Morgan fingerprint density at radius 2 is 2.11 bits per heavy atom. The number of rotatable bonds is 2. The highest BCUT2D eigenvalue weighted by molar-refractivity contribution is 5.79. The molecule has 0 rings (SSSR count). The molecule has 0 spiro atoms. The highest BCUT2D eigenvalue weighted by Gasteiger charge is 2.12. The Labute approximate surface area is 54.5 Å². The molecule has 1 amide bonds. The maximum atomic E-state index is 10.7. The number of aliphatic hydroxyl groups excluding tert-OH is 1. The number of hydrogen-bond acceptors (Lipinski definition) is 3. The van der Waals surface area contributed by atoms with E-state index in [0.29, 0.717) is 0 Å². The molecule has 9 heavy (non-hydrogen) atoms. The van der Waals surface area contributed by atoms with Gasteiger partial charge >= 0.3 is 0 Å². The van der Waals surface area contributed by atoms with Crippen molar-refractivity contribution in [3.8, 4) is 0 Å². The number of hydrogen-bond donors (Lipinski definition) is 2. The third-order valence-corrected chi connectivity index (χ3v) is 0.948. The predicted molar refractivity (Wildman–Crippen MR) is 33.8 cm³/mol. The summed E-state index contributed by atoms with van der Waals surface area (Å²) in [6.07, 6.45) is -1.07. The van der Waals surface area contributed by atoms with E-state index >= 15 is 0 Å². The molecule has 4 heteroatoms. The van der Waals surface area contributed by atoms with Gasteiger partial charge in [0.25, 0.3) is 5.91 Å². The zero-order chi connectivity index (χ0) is 7.44. The quantitative estimate of drug-likeness (QED) is 0.455. The number of carbonyl (C=O) groups is 1. The first-order valence-corrected chi connectivity index (χ1v) is 2.66. The highest BCUT2D eigenvalue weighted by Crippen LogP contribution is 1.82. The van der Waals surface area contributed by atoms with Crippen molar-refractivity contribution in [1.82, 2.24) is 10.2 Å². The number of aliphatic hydroxyl groups is 1. The molecule has 4 nitrogen and oxygen atoms in total. The second-order valence-electron chi connectivity index (χ2n) is 1.92. The first kappa shape index (κ1) is 8.39. The summed E-state index contributed by atoms with van der Waals surface area (Å²) in [5, 5.41) is 11.2. The zero-order valence-electron chi connectivity index (χ0n) is 5.88. The Morgan fingerprint density at radius 3 is 2.22 bits per heavy atom. The summed E-state index contributed by atoms with van der Waals surface area (Å²) < 4.78 is 0. The molecular formula is C5H12N2O2. The van der Waals surface area contributed by atoms with Gasteiger partial charge in [0, 0.05) is 14.1 Å². The molecule has 1 unspecified atom stereocenters. The van der Waals surface area contributed by atoms with Gasteiger partial charge in [0.15, 0.2) is 6.23 Å². The molecule has 0 aromatic heterocycles. The van der Waals surface area contributed by atoms with E-state index in [1.807, 2.05) is 0 Å². The fourth-order valence-electron chi connectivity index (χ4n) is 0.368. The number of amides is 1. The SMILES string of the molecule is CNC(O)C(=O)N(C)C. The molecule has 0 radical (unpaired) electrons. The lowest BCUT2D eigenvalue weighted by Gasteiger charge is -2.14. The molecular weight excluding hydrogens is 120 g/mol. The Kier molecular flexibility index (Phi) is 3.19. The van der Waals surface area contributed by atoms with Gasteiger partial charge in [-0.2, -0.15) is 0 Å². The van der Waals surface area contributed by atoms with Crippen LogP contribution in [0.25, 0.3) is 0 Å². The first-order valence-electron chi connectivity index (χ1n) is 2.66. The van der Waals surface area contributed by atoms with E-state index < -0.39 is 6.23 Å². The summed E-state index contributed by atoms with van der Waals surface area (Å²) in [7, 11) is 4.69. The normalized spacial score (nSPS) is 12.9. The standard InChI is InChI=1S/C5H12N2O2/c1-6-4(8)5(9)7(2)3/h4,6,8H,1-3H3. The molecule has 2 N–H and O–H groups in total. The summed E-state index contributed by atoms with van der Waals surface area (Å²) in [5.74, 6) is -0.336. The summed E-state index contributed by atoms with van der Waals surface area (Å²) in [6, 6.07) is 0. The van der Waals surface area contributed by atoms with Crippen molar-refractivity contribution in [1.29, 1.82) is 0 Å². The molecule has 1 atom stereocenters. The molecule has 0 aliphatic carbocycles. The van der Waals surface area contributed by atoms with Crippen LogP contribution < -0.4 is 5.32 Å². The topological polar surface area (TPSA) is 52.6 Å². The molecule has 0 saturated carbocycles. The number of nitrogens with zero attached hydrogens (tertiary/aromatic N) is 1. The van der Waals surface area contributed by atoms with Crippen LogP contribution in [0, 0.1) is 0 Å². The summed E-state index contributed by atoms with van der Waals surface area (Å²) >= 11 is 0. The van der Waals surface area contributed by atoms with Gasteiger partial charge in [-0.05, 0) is 7.05 Å². The fraction of sp³-hybridized carbons (Fsp3) is 0.800. The van der Waals surface area contributed by atoms with Gasteiger partial charge in [-0.25, -0.2) is 0 Å². The average molecular weight is 132 g/mol. The van der Waals surface area contributed by atoms with E-state index in [9.17, 15) is 4.79 Å². The summed E-state index contributed by atoms with van der Waals surface area (Å²) in [5.41, 5.74) is 0. The van der Waals surface area contributed by atoms with Crippen LogP contribution in [0.2, 0.25) is 0 Å². The van der Waals surface area contributed by atoms with E-state index in [4.69, 9.17) is 5.11 Å². The van der Waals surface area contributed by atoms with Crippen molar-refractivity contribution < 1.29 is 9.90 Å². The van der Waals surface area contributed by atoms with E-state index in [1.54, 1.807) is 14.1 Å². The third-order valence-electron chi connectivity index (χ3n) is 0.948. The van der Waals surface area contributed by atoms with Crippen molar-refractivity contribution in [2.45, 2.75) is 6.23 Å². The zero-order valence-corrected chi connectivity index (χ0v) is 5.88. The van der Waals surface area contributed by atoms with Gasteiger partial charge in [-0.1, -0.05) is 0 Å². The van der Waals surface area contributed by atoms with Crippen LogP contribution in [-0.4, -0.2) is 43.3 Å². The van der Waals surface area contributed by atoms with Crippen LogP contribution >= 0.6 is 0 Å². The maximum Gasteiger partial charge on any atom is 0.266 e. The third kappa shape index (κ3) is 2.43. The Morgan fingerprint density at radius 1 is 1.67 bits per heavy atom. The largest absolute Gasteiger partial charge is 0.370 e. The Bertz CT molecular complexity index is 103. The van der Waals surface area contributed by atoms with E-state index in [2.05, 4.69) is 5.32 Å². The van der Waals surface area contributed by atoms with E-state index in [0.717, 1.165) is 0 Å². The summed E-state index contributed by atoms with van der Waals surface area (Å²) in [6.45, 7) is 0. The molecule has 0 saturated heterocycles. The van der Waals surface area contributed by atoms with E-state index in [1.165, 1.54) is 11.9 Å². The summed E-state index contributed by atoms with van der Waals surface area (Å²) in [4.78, 5) is 12.0. The average Bonchev–Trinajstić information content (AvgIpc) is 1.84.